The maximum atomic E-state index is 12.0. The van der Waals surface area contributed by atoms with Crippen LogP contribution in [-0.2, 0) is 16.6 Å². The minimum Gasteiger partial charge on any atom is -0.259 e. The van der Waals surface area contributed by atoms with Crippen molar-refractivity contribution in [2.24, 2.45) is 0 Å². The highest BCUT2D eigenvalue weighted by molar-refractivity contribution is 7.84. The molecule has 0 bridgehead atoms. The summed E-state index contributed by atoms with van der Waals surface area (Å²) in [7, 11) is -0.798. The fourth-order valence-corrected chi connectivity index (χ4v) is 2.90. The van der Waals surface area contributed by atoms with Crippen LogP contribution in [0.5, 0.6) is 0 Å². The Balaban J connectivity index is 2.34. The van der Waals surface area contributed by atoms with Crippen molar-refractivity contribution in [2.75, 3.05) is 5.75 Å². The van der Waals surface area contributed by atoms with Crippen molar-refractivity contribution in [3.63, 3.8) is 0 Å². The fourth-order valence-electron chi connectivity index (χ4n) is 1.74. The van der Waals surface area contributed by atoms with Gasteiger partial charge in [-0.1, -0.05) is 53.6 Å². The third-order valence-corrected chi connectivity index (χ3v) is 4.07. The number of benzene rings is 1. The molecule has 0 aromatic heterocycles. The first-order valence-electron chi connectivity index (χ1n) is 6.76. The highest BCUT2D eigenvalue weighted by atomic mass is 32.2. The van der Waals surface area contributed by atoms with Gasteiger partial charge in [0.05, 0.1) is 0 Å². The normalized spacial score (nSPS) is 13.1. The first-order chi connectivity index (χ1) is 9.08. The quantitative estimate of drug-likeness (QED) is 0.664. The number of hydrogen-bond acceptors (Lipinski definition) is 1. The van der Waals surface area contributed by atoms with Gasteiger partial charge in [0.25, 0.3) is 0 Å². The molecule has 0 fully saturated rings. The van der Waals surface area contributed by atoms with Gasteiger partial charge >= 0.3 is 0 Å². The van der Waals surface area contributed by atoms with E-state index in [1.54, 1.807) is 0 Å². The molecule has 0 saturated carbocycles. The van der Waals surface area contributed by atoms with Crippen molar-refractivity contribution in [3.05, 3.63) is 59.2 Å². The zero-order valence-electron chi connectivity index (χ0n) is 12.2. The van der Waals surface area contributed by atoms with Gasteiger partial charge in [-0.25, -0.2) is 0 Å². The fraction of sp³-hybridized carbons (Fsp3) is 0.412. The molecule has 0 amide bonds. The van der Waals surface area contributed by atoms with E-state index in [9.17, 15) is 4.21 Å². The van der Waals surface area contributed by atoms with Gasteiger partial charge in [-0.3, -0.25) is 4.21 Å². The second kappa shape index (κ2) is 8.87. The van der Waals surface area contributed by atoms with Crippen LogP contribution < -0.4 is 0 Å². The van der Waals surface area contributed by atoms with Crippen LogP contribution in [0.1, 0.15) is 39.2 Å². The van der Waals surface area contributed by atoms with Crippen LogP contribution in [0.15, 0.2) is 53.6 Å². The predicted octanol–water partition coefficient (Wildman–Crippen LogP) is 4.63. The molecule has 0 aliphatic rings. The summed E-state index contributed by atoms with van der Waals surface area (Å²) in [4.78, 5) is 0. The molecule has 0 heterocycles. The lowest BCUT2D eigenvalue weighted by Crippen LogP contribution is -1.99. The van der Waals surface area contributed by atoms with Gasteiger partial charge in [0.15, 0.2) is 0 Å². The van der Waals surface area contributed by atoms with Gasteiger partial charge in [-0.2, -0.15) is 0 Å². The summed E-state index contributed by atoms with van der Waals surface area (Å²) in [6, 6.07) is 10.0. The highest BCUT2D eigenvalue weighted by Gasteiger charge is 1.99. The molecule has 0 radical (unpaired) electrons. The number of hydrogen-bond donors (Lipinski definition) is 0. The van der Waals surface area contributed by atoms with Crippen LogP contribution in [0.4, 0.5) is 0 Å². The molecule has 0 aliphatic carbocycles. The second-order valence-electron chi connectivity index (χ2n) is 5.11. The third-order valence-electron chi connectivity index (χ3n) is 2.88. The largest absolute Gasteiger partial charge is 0.259 e. The van der Waals surface area contributed by atoms with Crippen LogP contribution in [0.3, 0.4) is 0 Å². The number of rotatable bonds is 7. The van der Waals surface area contributed by atoms with Crippen LogP contribution in [0.25, 0.3) is 0 Å². The maximum absolute atomic E-state index is 12.0. The van der Waals surface area contributed by atoms with Crippen molar-refractivity contribution >= 4 is 10.8 Å². The lowest BCUT2D eigenvalue weighted by Gasteiger charge is -2.02. The zero-order valence-corrected chi connectivity index (χ0v) is 13.0. The van der Waals surface area contributed by atoms with E-state index in [1.807, 2.05) is 30.3 Å². The molecule has 0 N–H and O–H groups in total. The minimum absolute atomic E-state index is 0.651. The first kappa shape index (κ1) is 15.9. The average molecular weight is 276 g/mol. The Bertz CT molecular complexity index is 453. The van der Waals surface area contributed by atoms with Crippen LogP contribution >= 0.6 is 0 Å². The Morgan fingerprint density at radius 3 is 2.42 bits per heavy atom. The molecular formula is C17H24OS. The Kier molecular flexibility index (Phi) is 7.42. The summed E-state index contributed by atoms with van der Waals surface area (Å²) in [6.07, 6.45) is 6.51. The molecule has 0 spiro atoms. The molecule has 0 saturated heterocycles. The maximum Gasteiger partial charge on any atom is 0.0488 e. The molecule has 1 rings (SSSR count). The van der Waals surface area contributed by atoms with Gasteiger partial charge in [-0.05, 0) is 39.2 Å². The average Bonchev–Trinajstić information content (AvgIpc) is 2.37. The molecule has 1 unspecified atom stereocenters. The molecule has 0 aliphatic heterocycles. The molecule has 19 heavy (non-hydrogen) atoms. The van der Waals surface area contributed by atoms with E-state index in [0.717, 1.165) is 18.4 Å². The van der Waals surface area contributed by atoms with Crippen molar-refractivity contribution in [1.29, 1.82) is 0 Å². The van der Waals surface area contributed by atoms with Crippen molar-refractivity contribution in [2.45, 2.75) is 39.4 Å². The topological polar surface area (TPSA) is 17.1 Å². The molecule has 1 aromatic carbocycles. The van der Waals surface area contributed by atoms with Gasteiger partial charge in [0.2, 0.25) is 0 Å². The van der Waals surface area contributed by atoms with E-state index in [2.05, 4.69) is 32.9 Å². The van der Waals surface area contributed by atoms with Gasteiger partial charge < -0.3 is 0 Å². The van der Waals surface area contributed by atoms with E-state index in [-0.39, 0.29) is 0 Å². The highest BCUT2D eigenvalue weighted by Crippen LogP contribution is 2.08. The summed E-state index contributed by atoms with van der Waals surface area (Å²) in [6.45, 7) is 6.36. The van der Waals surface area contributed by atoms with Gasteiger partial charge in [-0.15, -0.1) is 0 Å². The van der Waals surface area contributed by atoms with Crippen molar-refractivity contribution < 1.29 is 4.21 Å². The van der Waals surface area contributed by atoms with E-state index in [4.69, 9.17) is 0 Å². The van der Waals surface area contributed by atoms with E-state index in [0.29, 0.717) is 11.5 Å². The van der Waals surface area contributed by atoms with E-state index in [1.165, 1.54) is 11.1 Å². The predicted molar refractivity (Wildman–Crippen MR) is 85.6 cm³/mol. The van der Waals surface area contributed by atoms with Gasteiger partial charge in [0.1, 0.15) is 0 Å². The molecule has 104 valence electrons. The second-order valence-corrected chi connectivity index (χ2v) is 6.61. The Hall–Kier alpha value is -1.15. The lowest BCUT2D eigenvalue weighted by molar-refractivity contribution is 0.684. The molecule has 1 atom stereocenters. The van der Waals surface area contributed by atoms with Crippen molar-refractivity contribution in [3.8, 4) is 0 Å². The first-order valence-corrected chi connectivity index (χ1v) is 8.24. The molecular weight excluding hydrogens is 252 g/mol. The third kappa shape index (κ3) is 7.78. The smallest absolute Gasteiger partial charge is 0.0488 e. The summed E-state index contributed by atoms with van der Waals surface area (Å²) in [5, 5.41) is 0. The molecule has 2 heteroatoms. The zero-order chi connectivity index (χ0) is 14.1. The number of allylic oxidation sites excluding steroid dienone is 3. The lowest BCUT2D eigenvalue weighted by atomic mass is 10.1. The minimum atomic E-state index is -0.798. The molecule has 1 aromatic rings. The van der Waals surface area contributed by atoms with Gasteiger partial charge in [0, 0.05) is 22.3 Å². The SMILES string of the molecule is CC(C)=CCCC(C)=CCS(=O)Cc1ccccc1. The van der Waals surface area contributed by atoms with E-state index >= 15 is 0 Å². The summed E-state index contributed by atoms with van der Waals surface area (Å²) < 4.78 is 12.0. The summed E-state index contributed by atoms with van der Waals surface area (Å²) >= 11 is 0. The van der Waals surface area contributed by atoms with Crippen LogP contribution in [0.2, 0.25) is 0 Å². The summed E-state index contributed by atoms with van der Waals surface area (Å²) in [5.41, 5.74) is 3.84. The van der Waals surface area contributed by atoms with Crippen LogP contribution in [-0.4, -0.2) is 9.96 Å². The Morgan fingerprint density at radius 2 is 1.79 bits per heavy atom. The Labute approximate surface area is 119 Å². The van der Waals surface area contributed by atoms with Crippen molar-refractivity contribution in [1.82, 2.24) is 0 Å². The summed E-state index contributed by atoms with van der Waals surface area (Å²) in [5.74, 6) is 1.31. The standard InChI is InChI=1S/C17H24OS/c1-15(2)8-7-9-16(3)12-13-19(18)14-17-10-5-4-6-11-17/h4-6,8,10-12H,7,9,13-14H2,1-3H3. The van der Waals surface area contributed by atoms with Crippen LogP contribution in [0, 0.1) is 0 Å². The molecule has 1 nitrogen and oxygen atoms in total. The Morgan fingerprint density at radius 1 is 1.11 bits per heavy atom. The monoisotopic (exact) mass is 276 g/mol. The van der Waals surface area contributed by atoms with E-state index < -0.39 is 10.8 Å².